The molecule has 0 unspecified atom stereocenters. The van der Waals surface area contributed by atoms with E-state index in [4.69, 9.17) is 15.2 Å². The summed E-state index contributed by atoms with van der Waals surface area (Å²) >= 11 is 0. The molecule has 16 heavy (non-hydrogen) atoms. The standard InChI is InChI=1S/C11H12FNO3/c12-6-5-7-10(16-4-3-15-7)8(9(6)14)11(13)1-2-11/h5,14H,1-4,13H2. The van der Waals surface area contributed by atoms with E-state index in [9.17, 15) is 9.50 Å². The van der Waals surface area contributed by atoms with Crippen LogP contribution in [0.15, 0.2) is 6.07 Å². The van der Waals surface area contributed by atoms with Gasteiger partial charge in [-0.25, -0.2) is 4.39 Å². The number of halogens is 1. The van der Waals surface area contributed by atoms with Gasteiger partial charge < -0.3 is 20.3 Å². The molecule has 0 aromatic heterocycles. The molecule has 5 heteroatoms. The number of fused-ring (bicyclic) bond motifs is 1. The topological polar surface area (TPSA) is 64.7 Å². The first-order valence-electron chi connectivity index (χ1n) is 5.22. The van der Waals surface area contributed by atoms with Gasteiger partial charge in [-0.15, -0.1) is 0 Å². The maximum Gasteiger partial charge on any atom is 0.170 e. The summed E-state index contributed by atoms with van der Waals surface area (Å²) in [7, 11) is 0. The third-order valence-corrected chi connectivity index (χ3v) is 3.05. The van der Waals surface area contributed by atoms with Crippen molar-refractivity contribution in [3.8, 4) is 17.2 Å². The van der Waals surface area contributed by atoms with Crippen LogP contribution in [0.25, 0.3) is 0 Å². The van der Waals surface area contributed by atoms with Crippen molar-refractivity contribution in [3.63, 3.8) is 0 Å². The van der Waals surface area contributed by atoms with Gasteiger partial charge in [0.2, 0.25) is 0 Å². The maximum absolute atomic E-state index is 13.5. The van der Waals surface area contributed by atoms with Crippen molar-refractivity contribution >= 4 is 0 Å². The van der Waals surface area contributed by atoms with Gasteiger partial charge in [0, 0.05) is 11.6 Å². The molecule has 1 aromatic rings. The van der Waals surface area contributed by atoms with Gasteiger partial charge in [-0.05, 0) is 12.8 Å². The van der Waals surface area contributed by atoms with Crippen molar-refractivity contribution in [2.75, 3.05) is 13.2 Å². The van der Waals surface area contributed by atoms with Gasteiger partial charge in [0.1, 0.15) is 13.2 Å². The van der Waals surface area contributed by atoms with Crippen LogP contribution in [0, 0.1) is 5.82 Å². The number of phenols is 1. The fourth-order valence-electron chi connectivity index (χ4n) is 1.99. The number of phenolic OH excluding ortho intramolecular Hbond substituents is 1. The highest BCUT2D eigenvalue weighted by atomic mass is 19.1. The first-order chi connectivity index (χ1) is 7.62. The Bertz CT molecular complexity index is 457. The lowest BCUT2D eigenvalue weighted by Gasteiger charge is -2.24. The molecule has 0 amide bonds. The lowest BCUT2D eigenvalue weighted by atomic mass is 10.0. The van der Waals surface area contributed by atoms with Crippen molar-refractivity contribution in [1.82, 2.24) is 0 Å². The van der Waals surface area contributed by atoms with E-state index in [1.54, 1.807) is 0 Å². The fraction of sp³-hybridized carbons (Fsp3) is 0.455. The van der Waals surface area contributed by atoms with Crippen LogP contribution in [0.2, 0.25) is 0 Å². The normalized spacial score (nSPS) is 20.6. The molecule has 0 atom stereocenters. The number of hydrogen-bond donors (Lipinski definition) is 2. The van der Waals surface area contributed by atoms with Crippen molar-refractivity contribution < 1.29 is 19.0 Å². The highest BCUT2D eigenvalue weighted by Crippen LogP contribution is 2.54. The Morgan fingerprint density at radius 1 is 1.31 bits per heavy atom. The largest absolute Gasteiger partial charge is 0.504 e. The molecule has 1 aliphatic heterocycles. The summed E-state index contributed by atoms with van der Waals surface area (Å²) in [5.74, 6) is -0.404. The van der Waals surface area contributed by atoms with Crippen LogP contribution >= 0.6 is 0 Å². The average Bonchev–Trinajstić information content (AvgIpc) is 2.99. The highest BCUT2D eigenvalue weighted by Gasteiger charge is 2.46. The van der Waals surface area contributed by atoms with Crippen LogP contribution < -0.4 is 15.2 Å². The van der Waals surface area contributed by atoms with E-state index in [1.165, 1.54) is 0 Å². The molecule has 0 saturated heterocycles. The summed E-state index contributed by atoms with van der Waals surface area (Å²) in [5.41, 5.74) is 5.69. The summed E-state index contributed by atoms with van der Waals surface area (Å²) in [6.45, 7) is 0.773. The summed E-state index contributed by atoms with van der Waals surface area (Å²) in [6.07, 6.45) is 1.44. The minimum Gasteiger partial charge on any atom is -0.504 e. The molecule has 1 heterocycles. The molecule has 4 nitrogen and oxygen atoms in total. The number of ether oxygens (including phenoxy) is 2. The second kappa shape index (κ2) is 3.01. The molecule has 0 spiro atoms. The van der Waals surface area contributed by atoms with Gasteiger partial charge in [0.05, 0.1) is 5.56 Å². The Hall–Kier alpha value is -1.49. The quantitative estimate of drug-likeness (QED) is 0.755. The number of nitrogens with two attached hydrogens (primary N) is 1. The number of rotatable bonds is 1. The van der Waals surface area contributed by atoms with E-state index in [0.717, 1.165) is 18.9 Å². The Balaban J connectivity index is 2.23. The summed E-state index contributed by atoms with van der Waals surface area (Å²) in [4.78, 5) is 0. The van der Waals surface area contributed by atoms with E-state index in [-0.39, 0.29) is 0 Å². The average molecular weight is 225 g/mol. The van der Waals surface area contributed by atoms with Gasteiger partial charge in [-0.2, -0.15) is 0 Å². The molecule has 3 N–H and O–H groups in total. The predicted molar refractivity (Wildman–Crippen MR) is 54.2 cm³/mol. The zero-order valence-electron chi connectivity index (χ0n) is 8.62. The van der Waals surface area contributed by atoms with Crippen LogP contribution in [0.3, 0.4) is 0 Å². The van der Waals surface area contributed by atoms with Gasteiger partial charge in [0.15, 0.2) is 23.1 Å². The van der Waals surface area contributed by atoms with Crippen LogP contribution in [0.5, 0.6) is 17.2 Å². The van der Waals surface area contributed by atoms with Gasteiger partial charge >= 0.3 is 0 Å². The molecule has 0 bridgehead atoms. The summed E-state index contributed by atoms with van der Waals surface area (Å²) in [5, 5.41) is 9.74. The van der Waals surface area contributed by atoms with Crippen LogP contribution in [0.1, 0.15) is 18.4 Å². The smallest absolute Gasteiger partial charge is 0.170 e. The molecule has 0 radical (unpaired) electrons. The van der Waals surface area contributed by atoms with Gasteiger partial charge in [-0.3, -0.25) is 0 Å². The third kappa shape index (κ3) is 1.24. The van der Waals surface area contributed by atoms with E-state index in [0.29, 0.717) is 30.3 Å². The van der Waals surface area contributed by atoms with Crippen molar-refractivity contribution in [3.05, 3.63) is 17.4 Å². The van der Waals surface area contributed by atoms with E-state index >= 15 is 0 Å². The van der Waals surface area contributed by atoms with Crippen molar-refractivity contribution in [2.45, 2.75) is 18.4 Å². The minimum absolute atomic E-state index is 0.327. The van der Waals surface area contributed by atoms with E-state index in [1.807, 2.05) is 0 Å². The Morgan fingerprint density at radius 3 is 2.69 bits per heavy atom. The molecule has 1 aromatic carbocycles. The predicted octanol–water partition coefficient (Wildman–Crippen LogP) is 1.25. The number of aromatic hydroxyl groups is 1. The molecular weight excluding hydrogens is 213 g/mol. The second-order valence-electron chi connectivity index (χ2n) is 4.26. The molecule has 86 valence electrons. The van der Waals surface area contributed by atoms with E-state index in [2.05, 4.69) is 0 Å². The summed E-state index contributed by atoms with van der Waals surface area (Å²) in [6, 6.07) is 1.14. The Kier molecular flexibility index (Phi) is 1.83. The SMILES string of the molecule is NC1(c2c(O)c(F)cc3c2OCCO3)CC1. The van der Waals surface area contributed by atoms with Crippen LogP contribution in [-0.4, -0.2) is 18.3 Å². The number of hydrogen-bond acceptors (Lipinski definition) is 4. The Morgan fingerprint density at radius 2 is 2.00 bits per heavy atom. The third-order valence-electron chi connectivity index (χ3n) is 3.05. The van der Waals surface area contributed by atoms with Crippen LogP contribution in [-0.2, 0) is 5.54 Å². The number of benzene rings is 1. The lowest BCUT2D eigenvalue weighted by Crippen LogP contribution is -2.24. The maximum atomic E-state index is 13.5. The molecule has 1 aliphatic carbocycles. The van der Waals surface area contributed by atoms with Crippen molar-refractivity contribution in [2.24, 2.45) is 5.73 Å². The fourth-order valence-corrected chi connectivity index (χ4v) is 1.99. The van der Waals surface area contributed by atoms with Crippen molar-refractivity contribution in [1.29, 1.82) is 0 Å². The molecule has 3 rings (SSSR count). The molecular formula is C11H12FNO3. The van der Waals surface area contributed by atoms with Crippen LogP contribution in [0.4, 0.5) is 4.39 Å². The first-order valence-corrected chi connectivity index (χ1v) is 5.22. The van der Waals surface area contributed by atoms with Gasteiger partial charge in [-0.1, -0.05) is 0 Å². The minimum atomic E-state index is -0.712. The first kappa shape index (κ1) is 9.72. The molecule has 1 fully saturated rings. The highest BCUT2D eigenvalue weighted by molar-refractivity contribution is 5.59. The molecule has 2 aliphatic rings. The zero-order chi connectivity index (χ0) is 11.3. The van der Waals surface area contributed by atoms with E-state index < -0.39 is 17.1 Å². The zero-order valence-corrected chi connectivity index (χ0v) is 8.62. The Labute approximate surface area is 91.8 Å². The molecule has 1 saturated carbocycles. The van der Waals surface area contributed by atoms with Gasteiger partial charge in [0.25, 0.3) is 0 Å². The lowest BCUT2D eigenvalue weighted by molar-refractivity contribution is 0.166. The monoisotopic (exact) mass is 225 g/mol. The summed E-state index contributed by atoms with van der Waals surface area (Å²) < 4.78 is 24.2. The second-order valence-corrected chi connectivity index (χ2v) is 4.26.